The van der Waals surface area contributed by atoms with E-state index in [1.807, 2.05) is 5.48 Å². The van der Waals surface area contributed by atoms with Gasteiger partial charge in [0, 0.05) is 6.20 Å². The highest BCUT2D eigenvalue weighted by Gasteiger charge is 2.09. The quantitative estimate of drug-likeness (QED) is 0.312. The molecule has 108 valence electrons. The summed E-state index contributed by atoms with van der Waals surface area (Å²) >= 11 is 0. The maximum atomic E-state index is 13.4. The van der Waals surface area contributed by atoms with Crippen LogP contribution in [0.4, 0.5) is 10.1 Å². The molecular weight excluding hydrogens is 285 g/mol. The van der Waals surface area contributed by atoms with E-state index in [-0.39, 0.29) is 11.5 Å². The number of aliphatic imine (C=N–C) groups is 1. The molecule has 0 spiro atoms. The maximum absolute atomic E-state index is 13.4. The van der Waals surface area contributed by atoms with Gasteiger partial charge >= 0.3 is 0 Å². The normalized spacial score (nSPS) is 11.4. The van der Waals surface area contributed by atoms with Gasteiger partial charge in [-0.15, -0.1) is 6.42 Å². The molecule has 0 aliphatic rings. The SMILES string of the molecule is C#Cc1cc(N=C(NO)n2cnc3ncccc32)ccc1F. The number of terminal acetylenes is 1. The summed E-state index contributed by atoms with van der Waals surface area (Å²) in [6, 6.07) is 7.59. The van der Waals surface area contributed by atoms with Crippen LogP contribution in [0, 0.1) is 18.2 Å². The molecule has 22 heavy (non-hydrogen) atoms. The largest absolute Gasteiger partial charge is 0.288 e. The molecule has 0 amide bonds. The Bertz CT molecular complexity index is 910. The lowest BCUT2D eigenvalue weighted by Gasteiger charge is -2.07. The van der Waals surface area contributed by atoms with Crippen LogP contribution in [0.5, 0.6) is 0 Å². The number of fused-ring (bicyclic) bond motifs is 1. The van der Waals surface area contributed by atoms with Crippen LogP contribution in [-0.4, -0.2) is 25.7 Å². The molecule has 0 unspecified atom stereocenters. The van der Waals surface area contributed by atoms with Crippen molar-refractivity contribution in [3.63, 3.8) is 0 Å². The van der Waals surface area contributed by atoms with Crippen LogP contribution in [0.2, 0.25) is 0 Å². The number of hydrogen-bond acceptors (Lipinski definition) is 4. The van der Waals surface area contributed by atoms with Crippen LogP contribution in [-0.2, 0) is 0 Å². The van der Waals surface area contributed by atoms with E-state index in [1.165, 1.54) is 29.1 Å². The number of halogens is 1. The first-order valence-electron chi connectivity index (χ1n) is 6.26. The van der Waals surface area contributed by atoms with Crippen LogP contribution in [0.3, 0.4) is 0 Å². The number of benzene rings is 1. The van der Waals surface area contributed by atoms with Gasteiger partial charge in [-0.05, 0) is 30.3 Å². The second-order valence-corrected chi connectivity index (χ2v) is 4.32. The minimum atomic E-state index is -0.503. The average Bonchev–Trinajstić information content (AvgIpc) is 2.98. The molecule has 3 aromatic rings. The van der Waals surface area contributed by atoms with Gasteiger partial charge in [-0.1, -0.05) is 5.92 Å². The second kappa shape index (κ2) is 5.63. The molecule has 2 aromatic heterocycles. The average molecular weight is 295 g/mol. The van der Waals surface area contributed by atoms with Gasteiger partial charge in [0.25, 0.3) is 0 Å². The highest BCUT2D eigenvalue weighted by atomic mass is 19.1. The van der Waals surface area contributed by atoms with Crippen molar-refractivity contribution >= 4 is 22.8 Å². The van der Waals surface area contributed by atoms with Crippen LogP contribution in [0.1, 0.15) is 5.56 Å². The number of nitrogens with one attached hydrogen (secondary N) is 1. The monoisotopic (exact) mass is 295 g/mol. The zero-order chi connectivity index (χ0) is 15.5. The van der Waals surface area contributed by atoms with Crippen LogP contribution < -0.4 is 5.48 Å². The third-order valence-electron chi connectivity index (χ3n) is 2.99. The van der Waals surface area contributed by atoms with E-state index in [2.05, 4.69) is 20.9 Å². The van der Waals surface area contributed by atoms with Crippen molar-refractivity contribution in [2.75, 3.05) is 0 Å². The lowest BCUT2D eigenvalue weighted by atomic mass is 10.2. The van der Waals surface area contributed by atoms with E-state index < -0.39 is 5.82 Å². The molecule has 2 heterocycles. The van der Waals surface area contributed by atoms with Crippen molar-refractivity contribution in [2.45, 2.75) is 0 Å². The van der Waals surface area contributed by atoms with E-state index in [1.54, 1.807) is 18.3 Å². The van der Waals surface area contributed by atoms with E-state index in [9.17, 15) is 9.60 Å². The summed E-state index contributed by atoms with van der Waals surface area (Å²) in [6.45, 7) is 0. The standard InChI is InChI=1S/C15H10FN5O/c1-2-10-8-11(5-6-12(10)16)19-15(20-22)21-9-18-14-13(21)4-3-7-17-14/h1,3-9,22H,(H,19,20). The van der Waals surface area contributed by atoms with Gasteiger partial charge in [0.15, 0.2) is 5.65 Å². The summed E-state index contributed by atoms with van der Waals surface area (Å²) < 4.78 is 14.9. The van der Waals surface area contributed by atoms with Gasteiger partial charge in [-0.25, -0.2) is 24.8 Å². The zero-order valence-corrected chi connectivity index (χ0v) is 11.2. The molecule has 6 nitrogen and oxygen atoms in total. The Balaban J connectivity index is 2.09. The fourth-order valence-electron chi connectivity index (χ4n) is 1.97. The fraction of sp³-hybridized carbons (Fsp3) is 0. The lowest BCUT2D eigenvalue weighted by Crippen LogP contribution is -2.26. The minimum absolute atomic E-state index is 0.0880. The summed E-state index contributed by atoms with van der Waals surface area (Å²) in [5.74, 6) is 1.82. The smallest absolute Gasteiger partial charge is 0.233 e. The highest BCUT2D eigenvalue weighted by Crippen LogP contribution is 2.18. The first-order valence-corrected chi connectivity index (χ1v) is 6.26. The van der Waals surface area contributed by atoms with Crippen molar-refractivity contribution < 1.29 is 9.60 Å². The molecule has 0 bridgehead atoms. The van der Waals surface area contributed by atoms with Gasteiger partial charge in [0.2, 0.25) is 5.96 Å². The minimum Gasteiger partial charge on any atom is -0.288 e. The Morgan fingerprint density at radius 1 is 1.36 bits per heavy atom. The Kier molecular flexibility index (Phi) is 3.52. The molecule has 2 N–H and O–H groups in total. The van der Waals surface area contributed by atoms with Crippen LogP contribution in [0.15, 0.2) is 47.8 Å². The van der Waals surface area contributed by atoms with Gasteiger partial charge < -0.3 is 0 Å². The Morgan fingerprint density at radius 3 is 3.00 bits per heavy atom. The van der Waals surface area contributed by atoms with E-state index >= 15 is 0 Å². The molecule has 0 aliphatic carbocycles. The molecule has 1 aromatic carbocycles. The third kappa shape index (κ3) is 2.39. The molecular formula is C15H10FN5O. The number of hydroxylamine groups is 1. The third-order valence-corrected chi connectivity index (χ3v) is 2.99. The Labute approximate surface area is 124 Å². The maximum Gasteiger partial charge on any atom is 0.233 e. The van der Waals surface area contributed by atoms with E-state index in [4.69, 9.17) is 6.42 Å². The molecule has 0 saturated carbocycles. The fourth-order valence-corrected chi connectivity index (χ4v) is 1.97. The topological polar surface area (TPSA) is 75.3 Å². The van der Waals surface area contributed by atoms with E-state index in [0.717, 1.165) is 0 Å². The zero-order valence-electron chi connectivity index (χ0n) is 11.2. The lowest BCUT2D eigenvalue weighted by molar-refractivity contribution is 0.230. The molecule has 0 saturated heterocycles. The number of rotatable bonds is 1. The predicted molar refractivity (Wildman–Crippen MR) is 79.3 cm³/mol. The van der Waals surface area contributed by atoms with Crippen LogP contribution >= 0.6 is 0 Å². The van der Waals surface area contributed by atoms with Gasteiger partial charge in [0.1, 0.15) is 12.1 Å². The predicted octanol–water partition coefficient (Wildman–Crippen LogP) is 2.07. The second-order valence-electron chi connectivity index (χ2n) is 4.32. The molecule has 0 fully saturated rings. The highest BCUT2D eigenvalue weighted by molar-refractivity contribution is 5.91. The molecule has 0 atom stereocenters. The van der Waals surface area contributed by atoms with Crippen molar-refractivity contribution in [3.8, 4) is 12.3 Å². The number of hydrogen-bond donors (Lipinski definition) is 2. The van der Waals surface area contributed by atoms with Gasteiger partial charge in [-0.3, -0.25) is 9.77 Å². The summed E-state index contributed by atoms with van der Waals surface area (Å²) in [6.07, 6.45) is 8.30. The number of pyridine rings is 1. The first kappa shape index (κ1) is 13.7. The van der Waals surface area contributed by atoms with Gasteiger partial charge in [-0.2, -0.15) is 0 Å². The van der Waals surface area contributed by atoms with Crippen LogP contribution in [0.25, 0.3) is 11.2 Å². The first-order chi connectivity index (χ1) is 10.7. The van der Waals surface area contributed by atoms with Crippen molar-refractivity contribution in [2.24, 2.45) is 4.99 Å². The van der Waals surface area contributed by atoms with Crippen molar-refractivity contribution in [3.05, 3.63) is 54.2 Å². The van der Waals surface area contributed by atoms with Crippen molar-refractivity contribution in [1.82, 2.24) is 20.0 Å². The van der Waals surface area contributed by atoms with E-state index in [0.29, 0.717) is 16.9 Å². The summed E-state index contributed by atoms with van der Waals surface area (Å²) in [7, 11) is 0. The summed E-state index contributed by atoms with van der Waals surface area (Å²) in [5, 5.41) is 9.34. The molecule has 0 radical (unpaired) electrons. The Hall–Kier alpha value is -3.24. The summed E-state index contributed by atoms with van der Waals surface area (Å²) in [5.41, 5.74) is 3.64. The number of nitrogens with zero attached hydrogens (tertiary/aromatic N) is 4. The Morgan fingerprint density at radius 2 is 2.23 bits per heavy atom. The van der Waals surface area contributed by atoms with Crippen molar-refractivity contribution in [1.29, 1.82) is 0 Å². The number of imidazole rings is 1. The summed E-state index contributed by atoms with van der Waals surface area (Å²) in [4.78, 5) is 12.4. The molecule has 7 heteroatoms. The van der Waals surface area contributed by atoms with Gasteiger partial charge in [0.05, 0.1) is 16.8 Å². The molecule has 3 rings (SSSR count). The number of aromatic nitrogens is 3. The molecule has 0 aliphatic heterocycles.